The Morgan fingerprint density at radius 3 is 2.36 bits per heavy atom. The minimum atomic E-state index is -0.635. The number of primary amides is 1. The Labute approximate surface area is 154 Å². The van der Waals surface area contributed by atoms with E-state index in [1.54, 1.807) is 6.07 Å². The smallest absolute Gasteiger partial charge is 0.250 e. The first-order valence-electron chi connectivity index (χ1n) is 8.11. The van der Waals surface area contributed by atoms with Gasteiger partial charge in [-0.25, -0.2) is 0 Å². The number of carbonyl (C=O) groups excluding carboxylic acids is 2. The van der Waals surface area contributed by atoms with Gasteiger partial charge >= 0.3 is 0 Å². The van der Waals surface area contributed by atoms with Gasteiger partial charge < -0.3 is 25.8 Å². The fourth-order valence-electron chi connectivity index (χ4n) is 2.90. The normalized spacial score (nSPS) is 14.3. The third kappa shape index (κ3) is 5.79. The van der Waals surface area contributed by atoms with Gasteiger partial charge in [-0.1, -0.05) is 0 Å². The molecule has 0 atom stereocenters. The summed E-state index contributed by atoms with van der Waals surface area (Å²) in [4.78, 5) is 23.9. The van der Waals surface area contributed by atoms with Crippen molar-refractivity contribution in [1.29, 1.82) is 0 Å². The van der Waals surface area contributed by atoms with Crippen molar-refractivity contribution in [2.45, 2.75) is 25.7 Å². The number of amides is 2. The van der Waals surface area contributed by atoms with Gasteiger partial charge in [0.25, 0.3) is 5.91 Å². The molecule has 1 aromatic rings. The van der Waals surface area contributed by atoms with Crippen LogP contribution in [0.5, 0.6) is 11.5 Å². The molecule has 4 N–H and O–H groups in total. The lowest BCUT2D eigenvalue weighted by atomic mass is 9.93. The average molecular weight is 372 g/mol. The third-order valence-electron chi connectivity index (χ3n) is 4.30. The van der Waals surface area contributed by atoms with Gasteiger partial charge in [-0.05, 0) is 44.3 Å². The second kappa shape index (κ2) is 10.1. The monoisotopic (exact) mass is 371 g/mol. The summed E-state index contributed by atoms with van der Waals surface area (Å²) in [6.45, 7) is 2.02. The minimum Gasteiger partial charge on any atom is -0.493 e. The zero-order chi connectivity index (χ0) is 17.5. The van der Waals surface area contributed by atoms with Crippen LogP contribution in [0.2, 0.25) is 0 Å². The van der Waals surface area contributed by atoms with Crippen LogP contribution in [0.25, 0.3) is 0 Å². The molecule has 25 heavy (non-hydrogen) atoms. The number of ether oxygens (including phenoxy) is 2. The number of hydrogen-bond acceptors (Lipinski definition) is 5. The summed E-state index contributed by atoms with van der Waals surface area (Å²) in [6.07, 6.45) is 3.44. The molecular weight excluding hydrogens is 346 g/mol. The summed E-state index contributed by atoms with van der Waals surface area (Å²) in [5.74, 6) is 0.612. The van der Waals surface area contributed by atoms with Crippen LogP contribution in [0.1, 0.15) is 36.0 Å². The Morgan fingerprint density at radius 2 is 1.80 bits per heavy atom. The van der Waals surface area contributed by atoms with Crippen LogP contribution in [0.3, 0.4) is 0 Å². The van der Waals surface area contributed by atoms with E-state index in [0.29, 0.717) is 29.5 Å². The van der Waals surface area contributed by atoms with Crippen molar-refractivity contribution >= 4 is 29.9 Å². The van der Waals surface area contributed by atoms with Crippen LogP contribution in [0.15, 0.2) is 12.1 Å². The SMILES string of the molecule is COc1cc(NC(=O)CCC2CCNCC2)c(C(N)=O)cc1OC.Cl. The Kier molecular flexibility index (Phi) is 8.51. The number of methoxy groups -OCH3 is 2. The van der Waals surface area contributed by atoms with Crippen molar-refractivity contribution in [2.75, 3.05) is 32.6 Å². The number of anilines is 1. The molecule has 1 fully saturated rings. The number of hydrogen-bond donors (Lipinski definition) is 3. The van der Waals surface area contributed by atoms with Crippen molar-refractivity contribution in [3.8, 4) is 11.5 Å². The van der Waals surface area contributed by atoms with Crippen molar-refractivity contribution in [2.24, 2.45) is 11.7 Å². The van der Waals surface area contributed by atoms with Crippen molar-refractivity contribution in [3.63, 3.8) is 0 Å². The number of nitrogens with one attached hydrogen (secondary N) is 2. The van der Waals surface area contributed by atoms with Crippen LogP contribution in [0, 0.1) is 5.92 Å². The maximum atomic E-state index is 12.2. The molecule has 0 radical (unpaired) electrons. The summed E-state index contributed by atoms with van der Waals surface area (Å²) in [5.41, 5.74) is 5.94. The Bertz CT molecular complexity index is 604. The fourth-order valence-corrected chi connectivity index (χ4v) is 2.90. The Balaban J connectivity index is 0.00000312. The van der Waals surface area contributed by atoms with Gasteiger partial charge in [0.2, 0.25) is 5.91 Å². The largest absolute Gasteiger partial charge is 0.493 e. The zero-order valence-corrected chi connectivity index (χ0v) is 15.4. The Morgan fingerprint density at radius 1 is 1.20 bits per heavy atom. The second-order valence-electron chi connectivity index (χ2n) is 5.90. The molecule has 140 valence electrons. The number of rotatable bonds is 7. The van der Waals surface area contributed by atoms with E-state index in [4.69, 9.17) is 15.2 Å². The molecule has 1 aliphatic rings. The molecule has 1 aromatic carbocycles. The van der Waals surface area contributed by atoms with Crippen LogP contribution >= 0.6 is 12.4 Å². The summed E-state index contributed by atoms with van der Waals surface area (Å²) in [6, 6.07) is 3.03. The summed E-state index contributed by atoms with van der Waals surface area (Å²) < 4.78 is 10.4. The van der Waals surface area contributed by atoms with Crippen molar-refractivity contribution < 1.29 is 19.1 Å². The zero-order valence-electron chi connectivity index (χ0n) is 14.6. The van der Waals surface area contributed by atoms with E-state index >= 15 is 0 Å². The Hall–Kier alpha value is -1.99. The molecule has 0 spiro atoms. The average Bonchev–Trinajstić information content (AvgIpc) is 2.60. The first-order valence-corrected chi connectivity index (χ1v) is 8.11. The van der Waals surface area contributed by atoms with Crippen LogP contribution < -0.4 is 25.8 Å². The number of nitrogens with two attached hydrogens (primary N) is 1. The molecule has 2 amide bonds. The molecule has 0 unspecified atom stereocenters. The maximum absolute atomic E-state index is 12.2. The van der Waals surface area contributed by atoms with E-state index in [-0.39, 0.29) is 23.9 Å². The van der Waals surface area contributed by atoms with E-state index in [2.05, 4.69) is 10.6 Å². The van der Waals surface area contributed by atoms with Gasteiger partial charge in [-0.3, -0.25) is 9.59 Å². The van der Waals surface area contributed by atoms with Crippen LogP contribution in [-0.2, 0) is 4.79 Å². The number of piperidine rings is 1. The van der Waals surface area contributed by atoms with Crippen LogP contribution in [-0.4, -0.2) is 39.1 Å². The molecule has 8 heteroatoms. The molecule has 7 nitrogen and oxygen atoms in total. The molecule has 2 rings (SSSR count). The quantitative estimate of drug-likeness (QED) is 0.679. The lowest BCUT2D eigenvalue weighted by Crippen LogP contribution is -2.28. The summed E-state index contributed by atoms with van der Waals surface area (Å²) >= 11 is 0. The van der Waals surface area contributed by atoms with E-state index < -0.39 is 5.91 Å². The van der Waals surface area contributed by atoms with Crippen molar-refractivity contribution in [1.82, 2.24) is 5.32 Å². The van der Waals surface area contributed by atoms with Crippen molar-refractivity contribution in [3.05, 3.63) is 17.7 Å². The van der Waals surface area contributed by atoms with Gasteiger partial charge in [0.1, 0.15) is 0 Å². The summed E-state index contributed by atoms with van der Waals surface area (Å²) in [5, 5.41) is 6.07. The van der Waals surface area contributed by atoms with E-state index in [9.17, 15) is 9.59 Å². The molecule has 0 aromatic heterocycles. The van der Waals surface area contributed by atoms with E-state index in [1.807, 2.05) is 0 Å². The van der Waals surface area contributed by atoms with Gasteiger partial charge in [-0.2, -0.15) is 0 Å². The first kappa shape index (κ1) is 21.1. The van der Waals surface area contributed by atoms with E-state index in [1.165, 1.54) is 20.3 Å². The number of halogens is 1. The highest BCUT2D eigenvalue weighted by Gasteiger charge is 2.18. The molecule has 0 bridgehead atoms. The van der Waals surface area contributed by atoms with E-state index in [0.717, 1.165) is 32.4 Å². The van der Waals surface area contributed by atoms with Gasteiger partial charge in [0.05, 0.1) is 25.5 Å². The third-order valence-corrected chi connectivity index (χ3v) is 4.30. The lowest BCUT2D eigenvalue weighted by Gasteiger charge is -2.22. The molecule has 1 heterocycles. The maximum Gasteiger partial charge on any atom is 0.250 e. The minimum absolute atomic E-state index is 0. The highest BCUT2D eigenvalue weighted by Crippen LogP contribution is 2.33. The molecule has 1 saturated heterocycles. The molecule has 0 aliphatic carbocycles. The number of carbonyl (C=O) groups is 2. The lowest BCUT2D eigenvalue weighted by molar-refractivity contribution is -0.116. The highest BCUT2D eigenvalue weighted by atomic mass is 35.5. The van der Waals surface area contributed by atoms with Gasteiger partial charge in [0.15, 0.2) is 11.5 Å². The summed E-state index contributed by atoms with van der Waals surface area (Å²) in [7, 11) is 2.96. The highest BCUT2D eigenvalue weighted by molar-refractivity contribution is 6.03. The van der Waals surface area contributed by atoms with Gasteiger partial charge in [-0.15, -0.1) is 12.4 Å². The number of benzene rings is 1. The second-order valence-corrected chi connectivity index (χ2v) is 5.90. The molecule has 1 aliphatic heterocycles. The topological polar surface area (TPSA) is 103 Å². The predicted molar refractivity (Wildman–Crippen MR) is 98.8 cm³/mol. The molecule has 0 saturated carbocycles. The fraction of sp³-hybridized carbons (Fsp3) is 0.529. The van der Waals surface area contributed by atoms with Gasteiger partial charge in [0, 0.05) is 12.5 Å². The first-order chi connectivity index (χ1) is 11.5. The standard InChI is InChI=1S/C17H25N3O4.ClH/c1-23-14-9-12(17(18)22)13(10-15(14)24-2)20-16(21)4-3-11-5-7-19-8-6-11;/h9-11,19H,3-8H2,1-2H3,(H2,18,22)(H,20,21);1H. The predicted octanol–water partition coefficient (Wildman–Crippen LogP) is 1.94. The van der Waals surface area contributed by atoms with Crippen LogP contribution in [0.4, 0.5) is 5.69 Å². The molecular formula is C17H26ClN3O4.